The molecule has 2 N–H and O–H groups in total. The Bertz CT molecular complexity index is 458. The molecular formula is C14H27N3O3S. The highest BCUT2D eigenvalue weighted by atomic mass is 32.2. The summed E-state index contributed by atoms with van der Waals surface area (Å²) in [5.41, 5.74) is 0. The molecule has 2 aliphatic heterocycles. The Morgan fingerprint density at radius 2 is 2.10 bits per heavy atom. The lowest BCUT2D eigenvalue weighted by Gasteiger charge is -2.33. The smallest absolute Gasteiger partial charge is 0.237 e. The number of rotatable bonds is 5. The van der Waals surface area contributed by atoms with Gasteiger partial charge in [0.25, 0.3) is 0 Å². The van der Waals surface area contributed by atoms with Crippen molar-refractivity contribution < 1.29 is 13.2 Å². The van der Waals surface area contributed by atoms with E-state index in [0.717, 1.165) is 32.2 Å². The fourth-order valence-corrected chi connectivity index (χ4v) is 4.40. The zero-order valence-corrected chi connectivity index (χ0v) is 13.8. The Labute approximate surface area is 127 Å². The maximum Gasteiger partial charge on any atom is 0.237 e. The van der Waals surface area contributed by atoms with Gasteiger partial charge in [0.2, 0.25) is 15.9 Å². The zero-order chi connectivity index (χ0) is 15.5. The number of hydrogen-bond donors (Lipinski definition) is 2. The molecular weight excluding hydrogens is 290 g/mol. The number of carbonyl (C=O) groups is 1. The fourth-order valence-electron chi connectivity index (χ4n) is 3.00. The molecule has 2 saturated heterocycles. The van der Waals surface area contributed by atoms with E-state index in [1.807, 2.05) is 0 Å². The summed E-state index contributed by atoms with van der Waals surface area (Å²) in [4.78, 5) is 12.0. The minimum atomic E-state index is -3.18. The molecule has 2 atom stereocenters. The van der Waals surface area contributed by atoms with Crippen LogP contribution in [0.3, 0.4) is 0 Å². The normalized spacial score (nSPS) is 28.0. The lowest BCUT2D eigenvalue weighted by molar-refractivity contribution is -0.123. The second-order valence-corrected chi connectivity index (χ2v) is 8.84. The van der Waals surface area contributed by atoms with Gasteiger partial charge in [-0.2, -0.15) is 0 Å². The summed E-state index contributed by atoms with van der Waals surface area (Å²) in [5.74, 6) is 0.272. The molecule has 0 saturated carbocycles. The van der Waals surface area contributed by atoms with E-state index in [1.165, 1.54) is 0 Å². The molecule has 2 rings (SSSR count). The highest BCUT2D eigenvalue weighted by molar-refractivity contribution is 7.89. The Kier molecular flexibility index (Phi) is 5.62. The van der Waals surface area contributed by atoms with Gasteiger partial charge in [-0.1, -0.05) is 0 Å². The average Bonchev–Trinajstić information content (AvgIpc) is 2.99. The van der Waals surface area contributed by atoms with Crippen LogP contribution in [-0.2, 0) is 14.8 Å². The number of piperidine rings is 1. The van der Waals surface area contributed by atoms with Crippen molar-refractivity contribution in [3.8, 4) is 0 Å². The standard InChI is InChI=1S/C14H27N3O3S/c1-11(2)21(19,20)17-8-4-5-12(10-17)9-16-14(18)13-6-3-7-15-13/h11-13,15H,3-10H2,1-2H3,(H,16,18). The van der Waals surface area contributed by atoms with Crippen molar-refractivity contribution in [2.24, 2.45) is 5.92 Å². The van der Waals surface area contributed by atoms with Crippen molar-refractivity contribution in [2.75, 3.05) is 26.2 Å². The Morgan fingerprint density at radius 3 is 2.71 bits per heavy atom. The number of carbonyl (C=O) groups excluding carboxylic acids is 1. The molecule has 6 nitrogen and oxygen atoms in total. The van der Waals surface area contributed by atoms with Crippen molar-refractivity contribution >= 4 is 15.9 Å². The molecule has 0 aromatic rings. The molecule has 7 heteroatoms. The zero-order valence-electron chi connectivity index (χ0n) is 13.0. The summed E-state index contributed by atoms with van der Waals surface area (Å²) in [5, 5.41) is 5.77. The van der Waals surface area contributed by atoms with Crippen LogP contribution in [0.2, 0.25) is 0 Å². The average molecular weight is 317 g/mol. The van der Waals surface area contributed by atoms with Gasteiger partial charge in [-0.15, -0.1) is 0 Å². The predicted molar refractivity (Wildman–Crippen MR) is 82.4 cm³/mol. The fraction of sp³-hybridized carbons (Fsp3) is 0.929. The Balaban J connectivity index is 1.83. The minimum Gasteiger partial charge on any atom is -0.354 e. The molecule has 1 amide bonds. The third-order valence-electron chi connectivity index (χ3n) is 4.38. The molecule has 0 aliphatic carbocycles. The number of sulfonamides is 1. The van der Waals surface area contributed by atoms with Crippen LogP contribution in [0.25, 0.3) is 0 Å². The van der Waals surface area contributed by atoms with E-state index >= 15 is 0 Å². The molecule has 2 aliphatic rings. The molecule has 0 spiro atoms. The number of nitrogens with one attached hydrogen (secondary N) is 2. The summed E-state index contributed by atoms with van der Waals surface area (Å²) in [6.45, 7) is 6.04. The number of nitrogens with zero attached hydrogens (tertiary/aromatic N) is 1. The number of amides is 1. The molecule has 2 heterocycles. The largest absolute Gasteiger partial charge is 0.354 e. The van der Waals surface area contributed by atoms with Crippen molar-refractivity contribution in [3.63, 3.8) is 0 Å². The van der Waals surface area contributed by atoms with Crippen LogP contribution in [0.15, 0.2) is 0 Å². The highest BCUT2D eigenvalue weighted by Crippen LogP contribution is 2.21. The van der Waals surface area contributed by atoms with Crippen molar-refractivity contribution in [1.29, 1.82) is 0 Å². The van der Waals surface area contributed by atoms with Crippen LogP contribution >= 0.6 is 0 Å². The van der Waals surface area contributed by atoms with E-state index in [1.54, 1.807) is 18.2 Å². The van der Waals surface area contributed by atoms with E-state index in [-0.39, 0.29) is 23.1 Å². The lowest BCUT2D eigenvalue weighted by Crippen LogP contribution is -2.47. The highest BCUT2D eigenvalue weighted by Gasteiger charge is 2.31. The van der Waals surface area contributed by atoms with Gasteiger partial charge in [0.1, 0.15) is 0 Å². The quantitative estimate of drug-likeness (QED) is 0.765. The van der Waals surface area contributed by atoms with Crippen LogP contribution in [0.5, 0.6) is 0 Å². The van der Waals surface area contributed by atoms with Gasteiger partial charge >= 0.3 is 0 Å². The first kappa shape index (κ1) is 16.7. The monoisotopic (exact) mass is 317 g/mol. The Hall–Kier alpha value is -0.660. The molecule has 0 aromatic heterocycles. The molecule has 0 radical (unpaired) electrons. The van der Waals surface area contributed by atoms with Crippen molar-refractivity contribution in [1.82, 2.24) is 14.9 Å². The van der Waals surface area contributed by atoms with Crippen molar-refractivity contribution in [3.05, 3.63) is 0 Å². The van der Waals surface area contributed by atoms with Crippen molar-refractivity contribution in [2.45, 2.75) is 50.8 Å². The SMILES string of the molecule is CC(C)S(=O)(=O)N1CCCC(CNC(=O)C2CCCN2)C1. The first-order valence-electron chi connectivity index (χ1n) is 7.91. The van der Waals surface area contributed by atoms with Gasteiger partial charge in [-0.05, 0) is 52.0 Å². The topological polar surface area (TPSA) is 78.5 Å². The van der Waals surface area contributed by atoms with E-state index in [4.69, 9.17) is 0 Å². The molecule has 21 heavy (non-hydrogen) atoms. The molecule has 0 bridgehead atoms. The number of hydrogen-bond acceptors (Lipinski definition) is 4. The summed E-state index contributed by atoms with van der Waals surface area (Å²) >= 11 is 0. The second kappa shape index (κ2) is 7.07. The molecule has 2 fully saturated rings. The van der Waals surface area contributed by atoms with Gasteiger partial charge in [0.15, 0.2) is 0 Å². The van der Waals surface area contributed by atoms with Gasteiger partial charge < -0.3 is 10.6 Å². The van der Waals surface area contributed by atoms with E-state index in [0.29, 0.717) is 19.6 Å². The Morgan fingerprint density at radius 1 is 1.33 bits per heavy atom. The summed E-state index contributed by atoms with van der Waals surface area (Å²) < 4.78 is 26.0. The van der Waals surface area contributed by atoms with Gasteiger partial charge in [-0.3, -0.25) is 4.79 Å². The first-order chi connectivity index (χ1) is 9.91. The maximum absolute atomic E-state index is 12.2. The molecule has 0 aromatic carbocycles. The lowest BCUT2D eigenvalue weighted by atomic mass is 9.99. The van der Waals surface area contributed by atoms with Gasteiger partial charge in [0.05, 0.1) is 11.3 Å². The van der Waals surface area contributed by atoms with Gasteiger partial charge in [-0.25, -0.2) is 12.7 Å². The summed E-state index contributed by atoms with van der Waals surface area (Å²) in [6, 6.07) is -0.0657. The van der Waals surface area contributed by atoms with Crippen LogP contribution in [0.1, 0.15) is 39.5 Å². The molecule has 122 valence electrons. The minimum absolute atomic E-state index is 0.0522. The first-order valence-corrected chi connectivity index (χ1v) is 9.41. The van der Waals surface area contributed by atoms with E-state index < -0.39 is 10.0 Å². The third-order valence-corrected chi connectivity index (χ3v) is 6.62. The van der Waals surface area contributed by atoms with Crippen LogP contribution in [-0.4, -0.2) is 56.1 Å². The van der Waals surface area contributed by atoms with Crippen LogP contribution in [0, 0.1) is 5.92 Å². The predicted octanol–water partition coefficient (Wildman–Crippen LogP) is 0.305. The summed E-state index contributed by atoms with van der Waals surface area (Å²) in [7, 11) is -3.18. The van der Waals surface area contributed by atoms with E-state index in [2.05, 4.69) is 10.6 Å². The maximum atomic E-state index is 12.2. The van der Waals surface area contributed by atoms with E-state index in [9.17, 15) is 13.2 Å². The van der Waals surface area contributed by atoms with Crippen LogP contribution in [0.4, 0.5) is 0 Å². The second-order valence-electron chi connectivity index (χ2n) is 6.35. The third kappa shape index (κ3) is 4.17. The van der Waals surface area contributed by atoms with Crippen LogP contribution < -0.4 is 10.6 Å². The van der Waals surface area contributed by atoms with Gasteiger partial charge in [0, 0.05) is 19.6 Å². The summed E-state index contributed by atoms with van der Waals surface area (Å²) in [6.07, 6.45) is 3.78. The molecule has 2 unspecified atom stereocenters.